The number of hydrogen-bond donors (Lipinski definition) is 3. The van der Waals surface area contributed by atoms with Gasteiger partial charge < -0.3 is 20.2 Å². The first-order valence-electron chi connectivity index (χ1n) is 8.70. The standard InChI is InChI=1S/C20H18N4O3/c25-18(21-14-6-9-16-17(12-14)23-20(27)22-16)10-5-13-3-7-15(8-4-13)24-11-1-2-19(24)26/h3-10,12H,1-2,11H2,(H,21,25)(H2,22,23,27)/b10-5+. The maximum Gasteiger partial charge on any atom is 0.323 e. The van der Waals surface area contributed by atoms with Gasteiger partial charge in [-0.25, -0.2) is 4.79 Å². The van der Waals surface area contributed by atoms with E-state index in [4.69, 9.17) is 0 Å². The van der Waals surface area contributed by atoms with Gasteiger partial charge in [-0.15, -0.1) is 0 Å². The Morgan fingerprint density at radius 3 is 2.56 bits per heavy atom. The molecule has 0 unspecified atom stereocenters. The van der Waals surface area contributed by atoms with Gasteiger partial charge in [0.25, 0.3) is 0 Å². The molecule has 1 saturated heterocycles. The maximum atomic E-state index is 12.1. The van der Waals surface area contributed by atoms with Crippen LogP contribution in [-0.2, 0) is 9.59 Å². The van der Waals surface area contributed by atoms with Crippen LogP contribution in [0.5, 0.6) is 0 Å². The van der Waals surface area contributed by atoms with Crippen molar-refractivity contribution < 1.29 is 9.59 Å². The predicted molar refractivity (Wildman–Crippen MR) is 105 cm³/mol. The quantitative estimate of drug-likeness (QED) is 0.622. The second-order valence-corrected chi connectivity index (χ2v) is 6.40. The Hall–Kier alpha value is -3.61. The Labute approximate surface area is 154 Å². The first-order valence-corrected chi connectivity index (χ1v) is 8.70. The first-order chi connectivity index (χ1) is 13.1. The van der Waals surface area contributed by atoms with Crippen molar-refractivity contribution in [2.45, 2.75) is 12.8 Å². The average Bonchev–Trinajstić information content (AvgIpc) is 3.24. The van der Waals surface area contributed by atoms with Crippen molar-refractivity contribution in [1.29, 1.82) is 0 Å². The summed E-state index contributed by atoms with van der Waals surface area (Å²) in [5, 5.41) is 2.76. The number of benzene rings is 2. The van der Waals surface area contributed by atoms with Gasteiger partial charge in [0.05, 0.1) is 11.0 Å². The molecule has 0 aliphatic carbocycles. The maximum absolute atomic E-state index is 12.1. The molecule has 3 aromatic rings. The fourth-order valence-corrected chi connectivity index (χ4v) is 3.15. The van der Waals surface area contributed by atoms with E-state index in [0.29, 0.717) is 23.1 Å². The van der Waals surface area contributed by atoms with E-state index in [2.05, 4.69) is 15.3 Å². The highest BCUT2D eigenvalue weighted by molar-refractivity contribution is 6.02. The van der Waals surface area contributed by atoms with Crippen molar-refractivity contribution in [3.05, 3.63) is 64.6 Å². The van der Waals surface area contributed by atoms with E-state index in [-0.39, 0.29) is 17.5 Å². The monoisotopic (exact) mass is 362 g/mol. The van der Waals surface area contributed by atoms with Crippen LogP contribution in [0.25, 0.3) is 17.1 Å². The van der Waals surface area contributed by atoms with Crippen LogP contribution >= 0.6 is 0 Å². The number of carbonyl (C=O) groups excluding carboxylic acids is 2. The molecule has 3 N–H and O–H groups in total. The number of fused-ring (bicyclic) bond motifs is 1. The van der Waals surface area contributed by atoms with E-state index in [1.54, 1.807) is 29.2 Å². The van der Waals surface area contributed by atoms with Crippen molar-refractivity contribution >= 4 is 40.3 Å². The van der Waals surface area contributed by atoms with Crippen LogP contribution in [0.4, 0.5) is 11.4 Å². The number of anilines is 2. The van der Waals surface area contributed by atoms with Gasteiger partial charge >= 0.3 is 5.69 Å². The second kappa shape index (κ2) is 6.95. The number of rotatable bonds is 4. The molecule has 2 heterocycles. The molecular formula is C20H18N4O3. The van der Waals surface area contributed by atoms with E-state index in [0.717, 1.165) is 24.2 Å². The van der Waals surface area contributed by atoms with Gasteiger partial charge in [0, 0.05) is 30.4 Å². The molecular weight excluding hydrogens is 344 g/mol. The number of imidazole rings is 1. The van der Waals surface area contributed by atoms with Crippen LogP contribution in [0.2, 0.25) is 0 Å². The summed E-state index contributed by atoms with van der Waals surface area (Å²) in [4.78, 5) is 42.2. The largest absolute Gasteiger partial charge is 0.323 e. The lowest BCUT2D eigenvalue weighted by atomic mass is 10.2. The normalized spacial score (nSPS) is 14.4. The number of nitrogens with zero attached hydrogens (tertiary/aromatic N) is 1. The number of aromatic nitrogens is 2. The zero-order valence-electron chi connectivity index (χ0n) is 14.5. The summed E-state index contributed by atoms with van der Waals surface area (Å²) < 4.78 is 0. The molecule has 2 amide bonds. The Bertz CT molecular complexity index is 1090. The summed E-state index contributed by atoms with van der Waals surface area (Å²) >= 11 is 0. The Balaban J connectivity index is 1.41. The average molecular weight is 362 g/mol. The van der Waals surface area contributed by atoms with Gasteiger partial charge in [-0.3, -0.25) is 9.59 Å². The fraction of sp³-hybridized carbons (Fsp3) is 0.150. The van der Waals surface area contributed by atoms with Crippen molar-refractivity contribution in [2.75, 3.05) is 16.8 Å². The lowest BCUT2D eigenvalue weighted by molar-refractivity contribution is -0.117. The molecule has 7 nitrogen and oxygen atoms in total. The fourth-order valence-electron chi connectivity index (χ4n) is 3.15. The molecule has 1 fully saturated rings. The van der Waals surface area contributed by atoms with Crippen LogP contribution < -0.4 is 15.9 Å². The zero-order valence-corrected chi connectivity index (χ0v) is 14.5. The van der Waals surface area contributed by atoms with Crippen LogP contribution in [0.1, 0.15) is 18.4 Å². The minimum absolute atomic E-state index is 0.151. The number of carbonyl (C=O) groups is 2. The molecule has 0 bridgehead atoms. The molecule has 0 spiro atoms. The van der Waals surface area contributed by atoms with E-state index in [1.165, 1.54) is 6.08 Å². The number of H-pyrrole nitrogens is 2. The molecule has 1 aliphatic heterocycles. The lowest BCUT2D eigenvalue weighted by Gasteiger charge is -2.15. The smallest absolute Gasteiger partial charge is 0.322 e. The van der Waals surface area contributed by atoms with E-state index >= 15 is 0 Å². The summed E-state index contributed by atoms with van der Waals surface area (Å²) in [5.41, 5.74) is 3.38. The highest BCUT2D eigenvalue weighted by Crippen LogP contribution is 2.22. The highest BCUT2D eigenvalue weighted by atomic mass is 16.2. The number of hydrogen-bond acceptors (Lipinski definition) is 3. The number of amides is 2. The van der Waals surface area contributed by atoms with Crippen molar-refractivity contribution in [1.82, 2.24) is 9.97 Å². The van der Waals surface area contributed by atoms with Gasteiger partial charge in [-0.2, -0.15) is 0 Å². The van der Waals surface area contributed by atoms with Gasteiger partial charge in [-0.1, -0.05) is 12.1 Å². The molecule has 27 heavy (non-hydrogen) atoms. The first kappa shape index (κ1) is 16.8. The summed E-state index contributed by atoms with van der Waals surface area (Å²) in [6.45, 7) is 0.757. The minimum atomic E-state index is -0.285. The molecule has 0 radical (unpaired) electrons. The summed E-state index contributed by atoms with van der Waals surface area (Å²) in [7, 11) is 0. The molecule has 2 aromatic carbocycles. The zero-order chi connectivity index (χ0) is 18.8. The SMILES string of the molecule is O=C(/C=C/c1ccc(N2CCCC2=O)cc1)Nc1ccc2[nH]c(=O)[nH]c2c1. The van der Waals surface area contributed by atoms with Gasteiger partial charge in [0.1, 0.15) is 0 Å². The van der Waals surface area contributed by atoms with Crippen molar-refractivity contribution in [3.8, 4) is 0 Å². The molecule has 0 saturated carbocycles. The molecule has 1 aromatic heterocycles. The Kier molecular flexibility index (Phi) is 4.33. The Morgan fingerprint density at radius 2 is 1.81 bits per heavy atom. The third kappa shape index (κ3) is 3.67. The Morgan fingerprint density at radius 1 is 1.04 bits per heavy atom. The van der Waals surface area contributed by atoms with Crippen molar-refractivity contribution in [3.63, 3.8) is 0 Å². The van der Waals surface area contributed by atoms with Crippen LogP contribution in [-0.4, -0.2) is 28.3 Å². The molecule has 0 atom stereocenters. The van der Waals surface area contributed by atoms with E-state index < -0.39 is 0 Å². The third-order valence-corrected chi connectivity index (χ3v) is 4.49. The van der Waals surface area contributed by atoms with Gasteiger partial charge in [-0.05, 0) is 48.4 Å². The number of aromatic amines is 2. The topological polar surface area (TPSA) is 98.1 Å². The molecule has 7 heteroatoms. The van der Waals surface area contributed by atoms with E-state index in [1.807, 2.05) is 24.3 Å². The molecule has 4 rings (SSSR count). The summed E-state index contributed by atoms with van der Waals surface area (Å²) in [6, 6.07) is 12.7. The summed E-state index contributed by atoms with van der Waals surface area (Å²) in [6.07, 6.45) is 4.65. The van der Waals surface area contributed by atoms with Crippen LogP contribution in [0.3, 0.4) is 0 Å². The molecule has 1 aliphatic rings. The molecule has 136 valence electrons. The van der Waals surface area contributed by atoms with E-state index in [9.17, 15) is 14.4 Å². The number of nitrogens with one attached hydrogen (secondary N) is 3. The van der Waals surface area contributed by atoms with Crippen molar-refractivity contribution in [2.24, 2.45) is 0 Å². The summed E-state index contributed by atoms with van der Waals surface area (Å²) in [5.74, 6) is -0.121. The highest BCUT2D eigenvalue weighted by Gasteiger charge is 2.21. The predicted octanol–water partition coefficient (Wildman–Crippen LogP) is 2.63. The van der Waals surface area contributed by atoms with Gasteiger partial charge in [0.15, 0.2) is 0 Å². The minimum Gasteiger partial charge on any atom is -0.322 e. The third-order valence-electron chi connectivity index (χ3n) is 4.49. The van der Waals surface area contributed by atoms with Gasteiger partial charge in [0.2, 0.25) is 11.8 Å². The second-order valence-electron chi connectivity index (χ2n) is 6.40. The van der Waals surface area contributed by atoms with Crippen LogP contribution in [0, 0.1) is 0 Å². The van der Waals surface area contributed by atoms with Crippen LogP contribution in [0.15, 0.2) is 53.3 Å². The lowest BCUT2D eigenvalue weighted by Crippen LogP contribution is -2.23.